The highest BCUT2D eigenvalue weighted by Crippen LogP contribution is 2.44. The number of carbonyl (C=O) groups excluding carboxylic acids is 1. The Labute approximate surface area is 99.0 Å². The number of nitrogens with zero attached hydrogens (tertiary/aromatic N) is 1. The molecule has 1 amide bonds. The number of amides is 1. The van der Waals surface area contributed by atoms with E-state index in [1.54, 1.807) is 13.0 Å². The number of carboxylic acid groups (broad SMARTS) is 1. The summed E-state index contributed by atoms with van der Waals surface area (Å²) in [7, 11) is 0. The maximum atomic E-state index is 11.8. The van der Waals surface area contributed by atoms with Crippen molar-refractivity contribution in [3.63, 3.8) is 0 Å². The van der Waals surface area contributed by atoms with Crippen LogP contribution in [0.15, 0.2) is 23.9 Å². The minimum absolute atomic E-state index is 0.0804. The highest BCUT2D eigenvalue weighted by molar-refractivity contribution is 5.99. The van der Waals surface area contributed by atoms with Gasteiger partial charge < -0.3 is 15.1 Å². The number of aliphatic hydroxyl groups is 1. The number of hydrogen-bond donors (Lipinski definition) is 2. The number of aliphatic hydroxyl groups excluding tert-OH is 1. The van der Waals surface area contributed by atoms with E-state index in [4.69, 9.17) is 5.11 Å². The van der Waals surface area contributed by atoms with E-state index in [-0.39, 0.29) is 17.6 Å². The van der Waals surface area contributed by atoms with Crippen molar-refractivity contribution < 1.29 is 19.8 Å². The zero-order chi connectivity index (χ0) is 12.7. The Bertz CT molecular complexity index is 424. The van der Waals surface area contributed by atoms with Gasteiger partial charge in [0.2, 0.25) is 5.91 Å². The van der Waals surface area contributed by atoms with E-state index in [1.165, 1.54) is 4.90 Å². The third-order valence-electron chi connectivity index (χ3n) is 3.41. The highest BCUT2D eigenvalue weighted by atomic mass is 16.4. The SMILES string of the molecule is C=CCC1=C(C(=O)O)N2C(=O)[C@H]([C@@H](C)O)[C@H]2C1. The van der Waals surface area contributed by atoms with Gasteiger partial charge in [-0.1, -0.05) is 6.08 Å². The minimum Gasteiger partial charge on any atom is -0.477 e. The van der Waals surface area contributed by atoms with Crippen molar-refractivity contribution in [3.8, 4) is 0 Å². The van der Waals surface area contributed by atoms with Gasteiger partial charge in [-0.15, -0.1) is 6.58 Å². The van der Waals surface area contributed by atoms with Crippen LogP contribution < -0.4 is 0 Å². The molecule has 5 heteroatoms. The van der Waals surface area contributed by atoms with Crippen LogP contribution in [0.25, 0.3) is 0 Å². The summed E-state index contributed by atoms with van der Waals surface area (Å²) in [5.41, 5.74) is 0.797. The lowest BCUT2D eigenvalue weighted by Crippen LogP contribution is -2.61. The molecule has 0 aromatic rings. The number of aliphatic carboxylic acids is 1. The lowest BCUT2D eigenvalue weighted by atomic mass is 9.83. The average molecular weight is 237 g/mol. The Kier molecular flexibility index (Phi) is 2.79. The summed E-state index contributed by atoms with van der Waals surface area (Å²) in [6.45, 7) is 5.14. The van der Waals surface area contributed by atoms with E-state index >= 15 is 0 Å². The van der Waals surface area contributed by atoms with Crippen molar-refractivity contribution in [1.29, 1.82) is 0 Å². The molecule has 17 heavy (non-hydrogen) atoms. The molecule has 3 atom stereocenters. The first-order valence-electron chi connectivity index (χ1n) is 5.56. The van der Waals surface area contributed by atoms with Crippen LogP contribution in [0.3, 0.4) is 0 Å². The van der Waals surface area contributed by atoms with Crippen LogP contribution in [0.5, 0.6) is 0 Å². The molecule has 0 saturated carbocycles. The third-order valence-corrected chi connectivity index (χ3v) is 3.41. The van der Waals surface area contributed by atoms with Gasteiger partial charge in [0.25, 0.3) is 0 Å². The van der Waals surface area contributed by atoms with Gasteiger partial charge in [0.1, 0.15) is 5.70 Å². The Morgan fingerprint density at radius 3 is 2.82 bits per heavy atom. The molecular formula is C12H15NO4. The Morgan fingerprint density at radius 2 is 2.35 bits per heavy atom. The molecule has 0 unspecified atom stereocenters. The summed E-state index contributed by atoms with van der Waals surface area (Å²) in [6.07, 6.45) is 1.89. The topological polar surface area (TPSA) is 77.8 Å². The fraction of sp³-hybridized carbons (Fsp3) is 0.500. The van der Waals surface area contributed by atoms with Gasteiger partial charge in [0.05, 0.1) is 18.1 Å². The Morgan fingerprint density at radius 1 is 1.71 bits per heavy atom. The second-order valence-corrected chi connectivity index (χ2v) is 4.50. The molecule has 0 bridgehead atoms. The molecule has 0 radical (unpaired) electrons. The van der Waals surface area contributed by atoms with Gasteiger partial charge in [0, 0.05) is 0 Å². The fourth-order valence-electron chi connectivity index (χ4n) is 2.72. The van der Waals surface area contributed by atoms with Gasteiger partial charge in [-0.3, -0.25) is 4.79 Å². The fourth-order valence-corrected chi connectivity index (χ4v) is 2.72. The number of β-lactam (4-membered cyclic amide) rings is 1. The van der Waals surface area contributed by atoms with Crippen LogP contribution in [0.4, 0.5) is 0 Å². The second kappa shape index (κ2) is 4.00. The van der Waals surface area contributed by atoms with Crippen LogP contribution in [-0.2, 0) is 9.59 Å². The van der Waals surface area contributed by atoms with Gasteiger partial charge in [0.15, 0.2) is 0 Å². The molecule has 0 spiro atoms. The third kappa shape index (κ3) is 1.58. The van der Waals surface area contributed by atoms with Crippen LogP contribution in [0, 0.1) is 5.92 Å². The summed E-state index contributed by atoms with van der Waals surface area (Å²) in [6, 6.07) is -0.191. The first-order valence-corrected chi connectivity index (χ1v) is 5.56. The number of hydrogen-bond acceptors (Lipinski definition) is 3. The summed E-state index contributed by atoms with van der Waals surface area (Å²) in [5.74, 6) is -1.84. The molecular weight excluding hydrogens is 222 g/mol. The van der Waals surface area contributed by atoms with E-state index < -0.39 is 18.0 Å². The predicted octanol–water partition coefficient (Wildman–Crippen LogP) is 0.513. The highest BCUT2D eigenvalue weighted by Gasteiger charge is 2.56. The number of carbonyl (C=O) groups is 2. The molecule has 1 saturated heterocycles. The van der Waals surface area contributed by atoms with Gasteiger partial charge >= 0.3 is 5.97 Å². The van der Waals surface area contributed by atoms with Crippen molar-refractivity contribution in [2.75, 3.05) is 0 Å². The largest absolute Gasteiger partial charge is 0.477 e. The smallest absolute Gasteiger partial charge is 0.352 e. The minimum atomic E-state index is -1.08. The second-order valence-electron chi connectivity index (χ2n) is 4.50. The van der Waals surface area contributed by atoms with Crippen molar-refractivity contribution >= 4 is 11.9 Å². The lowest BCUT2D eigenvalue weighted by Gasteiger charge is -2.44. The Hall–Kier alpha value is -1.62. The van der Waals surface area contributed by atoms with Crippen molar-refractivity contribution in [2.24, 2.45) is 5.92 Å². The van der Waals surface area contributed by atoms with Crippen molar-refractivity contribution in [2.45, 2.75) is 31.9 Å². The monoisotopic (exact) mass is 237 g/mol. The van der Waals surface area contributed by atoms with Gasteiger partial charge in [-0.05, 0) is 25.3 Å². The van der Waals surface area contributed by atoms with E-state index in [0.717, 1.165) is 0 Å². The molecule has 2 aliphatic rings. The summed E-state index contributed by atoms with van der Waals surface area (Å²) in [5, 5.41) is 18.6. The zero-order valence-electron chi connectivity index (χ0n) is 9.59. The van der Waals surface area contributed by atoms with Crippen LogP contribution in [0.1, 0.15) is 19.8 Å². The molecule has 0 aliphatic carbocycles. The average Bonchev–Trinajstić information content (AvgIpc) is 2.53. The van der Waals surface area contributed by atoms with Gasteiger partial charge in [-0.2, -0.15) is 0 Å². The summed E-state index contributed by atoms with van der Waals surface area (Å²) < 4.78 is 0. The van der Waals surface area contributed by atoms with Crippen molar-refractivity contribution in [3.05, 3.63) is 23.9 Å². The first kappa shape index (κ1) is 11.9. The molecule has 0 aromatic carbocycles. The molecule has 2 heterocycles. The van der Waals surface area contributed by atoms with E-state index in [9.17, 15) is 14.7 Å². The quantitative estimate of drug-likeness (QED) is 0.551. The van der Waals surface area contributed by atoms with E-state index in [1.807, 2.05) is 0 Å². The standard InChI is InChI=1S/C12H15NO4/c1-3-4-7-5-8-9(6(2)14)11(15)13(8)10(7)12(16)17/h3,6,8-9,14H,1,4-5H2,2H3,(H,16,17)/t6-,8-,9-/m1/s1. The molecule has 2 N–H and O–H groups in total. The first-order chi connectivity index (χ1) is 7.99. The molecule has 1 fully saturated rings. The Balaban J connectivity index is 2.29. The summed E-state index contributed by atoms with van der Waals surface area (Å²) >= 11 is 0. The lowest BCUT2D eigenvalue weighted by molar-refractivity contribution is -0.161. The van der Waals surface area contributed by atoms with Crippen molar-refractivity contribution in [1.82, 2.24) is 4.90 Å². The van der Waals surface area contributed by atoms with Crippen LogP contribution in [-0.4, -0.2) is 39.1 Å². The van der Waals surface area contributed by atoms with Gasteiger partial charge in [-0.25, -0.2) is 4.79 Å². The number of fused-ring (bicyclic) bond motifs is 1. The summed E-state index contributed by atoms with van der Waals surface area (Å²) in [4.78, 5) is 24.2. The predicted molar refractivity (Wildman–Crippen MR) is 59.9 cm³/mol. The number of allylic oxidation sites excluding steroid dienone is 1. The number of rotatable bonds is 4. The van der Waals surface area contributed by atoms with E-state index in [0.29, 0.717) is 18.4 Å². The molecule has 5 nitrogen and oxygen atoms in total. The molecule has 2 aliphatic heterocycles. The van der Waals surface area contributed by atoms with Crippen LogP contribution >= 0.6 is 0 Å². The maximum Gasteiger partial charge on any atom is 0.352 e. The maximum absolute atomic E-state index is 11.8. The number of carboxylic acids is 1. The molecule has 0 aromatic heterocycles. The molecule has 2 rings (SSSR count). The van der Waals surface area contributed by atoms with E-state index in [2.05, 4.69) is 6.58 Å². The zero-order valence-corrected chi connectivity index (χ0v) is 9.59. The normalized spacial score (nSPS) is 28.8. The molecule has 92 valence electrons. The van der Waals surface area contributed by atoms with Crippen LogP contribution in [0.2, 0.25) is 0 Å².